The Kier molecular flexibility index (Phi) is 7.45. The second-order valence-electron chi connectivity index (χ2n) is 6.40. The van der Waals surface area contributed by atoms with Crippen LogP contribution in [-0.2, 0) is 0 Å². The number of guanidine groups is 1. The lowest BCUT2D eigenvalue weighted by Crippen LogP contribution is -2.44. The highest BCUT2D eigenvalue weighted by Gasteiger charge is 2.34. The zero-order valence-electron chi connectivity index (χ0n) is 14.0. The molecule has 1 heterocycles. The predicted octanol–water partition coefficient (Wildman–Crippen LogP) is 2.47. The number of aliphatic imine (C=N–C) groups is 1. The van der Waals surface area contributed by atoms with Crippen molar-refractivity contribution in [3.8, 4) is 0 Å². The van der Waals surface area contributed by atoms with Gasteiger partial charge in [0.25, 0.3) is 0 Å². The van der Waals surface area contributed by atoms with Crippen molar-refractivity contribution in [2.75, 3.05) is 32.7 Å². The van der Waals surface area contributed by atoms with Gasteiger partial charge in [-0.05, 0) is 38.6 Å². The van der Waals surface area contributed by atoms with Crippen LogP contribution in [0, 0.1) is 11.8 Å². The summed E-state index contributed by atoms with van der Waals surface area (Å²) in [4.78, 5) is 6.00. The van der Waals surface area contributed by atoms with Gasteiger partial charge in [-0.1, -0.05) is 13.8 Å². The average molecular weight is 322 g/mol. The molecule has 0 radical (unpaired) electrons. The summed E-state index contributed by atoms with van der Waals surface area (Å²) < 4.78 is 37.1. The fraction of sp³-hybridized carbons (Fsp3) is 0.933. The van der Waals surface area contributed by atoms with Gasteiger partial charge in [0, 0.05) is 25.7 Å². The zero-order valence-corrected chi connectivity index (χ0v) is 14.0. The summed E-state index contributed by atoms with van der Waals surface area (Å²) in [6.45, 7) is 9.86. The Morgan fingerprint density at radius 2 is 2.00 bits per heavy atom. The molecule has 0 saturated carbocycles. The van der Waals surface area contributed by atoms with Crippen LogP contribution in [-0.4, -0.2) is 55.8 Å². The number of hydrogen-bond acceptors (Lipinski definition) is 2. The van der Waals surface area contributed by atoms with Gasteiger partial charge in [-0.15, -0.1) is 0 Å². The van der Waals surface area contributed by atoms with E-state index < -0.39 is 12.7 Å². The van der Waals surface area contributed by atoms with Gasteiger partial charge >= 0.3 is 6.18 Å². The molecule has 2 N–H and O–H groups in total. The molecule has 0 bridgehead atoms. The van der Waals surface area contributed by atoms with E-state index >= 15 is 0 Å². The summed E-state index contributed by atoms with van der Waals surface area (Å²) in [7, 11) is 0. The first kappa shape index (κ1) is 19.1. The molecule has 7 heteroatoms. The van der Waals surface area contributed by atoms with E-state index in [2.05, 4.69) is 36.4 Å². The van der Waals surface area contributed by atoms with Crippen LogP contribution in [0.2, 0.25) is 0 Å². The summed E-state index contributed by atoms with van der Waals surface area (Å²) in [5.41, 5.74) is 0. The number of hydrogen-bond donors (Lipinski definition) is 2. The third-order valence-corrected chi connectivity index (χ3v) is 3.99. The average Bonchev–Trinajstić information content (AvgIpc) is 2.81. The summed E-state index contributed by atoms with van der Waals surface area (Å²) in [5, 5.41) is 6.52. The minimum Gasteiger partial charge on any atom is -0.357 e. The summed E-state index contributed by atoms with van der Waals surface area (Å²) >= 11 is 0. The number of halogens is 3. The lowest BCUT2D eigenvalue weighted by Gasteiger charge is -2.21. The van der Waals surface area contributed by atoms with E-state index in [1.807, 2.05) is 6.92 Å². The lowest BCUT2D eigenvalue weighted by molar-refractivity contribution is -0.143. The Morgan fingerprint density at radius 1 is 1.32 bits per heavy atom. The van der Waals surface area contributed by atoms with Crippen LogP contribution in [0.5, 0.6) is 0 Å². The fourth-order valence-corrected chi connectivity index (χ4v) is 2.38. The van der Waals surface area contributed by atoms with Gasteiger partial charge in [0.1, 0.15) is 0 Å². The van der Waals surface area contributed by atoms with Crippen LogP contribution in [0.25, 0.3) is 0 Å². The van der Waals surface area contributed by atoms with Crippen molar-refractivity contribution in [1.29, 1.82) is 0 Å². The van der Waals surface area contributed by atoms with Crippen LogP contribution in [0.4, 0.5) is 13.2 Å². The highest BCUT2D eigenvalue weighted by molar-refractivity contribution is 5.80. The maximum absolute atomic E-state index is 12.4. The molecule has 0 aliphatic carbocycles. The molecule has 1 saturated heterocycles. The molecule has 1 rings (SSSR count). The topological polar surface area (TPSA) is 39.7 Å². The SMILES string of the molecule is CCNC(=NCC1CCN(CC(F)(F)F)C1)NC(C)C(C)C. The first-order chi connectivity index (χ1) is 10.2. The van der Waals surface area contributed by atoms with Crippen molar-refractivity contribution in [1.82, 2.24) is 15.5 Å². The molecule has 0 aromatic rings. The Balaban J connectivity index is 2.46. The molecule has 4 nitrogen and oxygen atoms in total. The number of alkyl halides is 3. The van der Waals surface area contributed by atoms with Crippen molar-refractivity contribution < 1.29 is 13.2 Å². The highest BCUT2D eigenvalue weighted by Crippen LogP contribution is 2.22. The van der Waals surface area contributed by atoms with Crippen molar-refractivity contribution in [2.45, 2.75) is 46.3 Å². The molecule has 2 atom stereocenters. The smallest absolute Gasteiger partial charge is 0.357 e. The quantitative estimate of drug-likeness (QED) is 0.583. The summed E-state index contributed by atoms with van der Waals surface area (Å²) in [6.07, 6.45) is -3.33. The Hall–Kier alpha value is -0.980. The Labute approximate surface area is 131 Å². The van der Waals surface area contributed by atoms with Crippen molar-refractivity contribution >= 4 is 5.96 Å². The Morgan fingerprint density at radius 3 is 2.55 bits per heavy atom. The minimum absolute atomic E-state index is 0.201. The van der Waals surface area contributed by atoms with Gasteiger partial charge in [-0.3, -0.25) is 9.89 Å². The van der Waals surface area contributed by atoms with Crippen LogP contribution in [0.3, 0.4) is 0 Å². The second kappa shape index (κ2) is 8.60. The van der Waals surface area contributed by atoms with Gasteiger partial charge in [0.05, 0.1) is 6.54 Å². The summed E-state index contributed by atoms with van der Waals surface area (Å²) in [5.74, 6) is 1.43. The van der Waals surface area contributed by atoms with Crippen LogP contribution < -0.4 is 10.6 Å². The fourth-order valence-electron chi connectivity index (χ4n) is 2.38. The third-order valence-electron chi connectivity index (χ3n) is 3.99. The van der Waals surface area contributed by atoms with E-state index in [9.17, 15) is 13.2 Å². The molecule has 0 aromatic carbocycles. The lowest BCUT2D eigenvalue weighted by atomic mass is 10.1. The van der Waals surface area contributed by atoms with Gasteiger partial charge in [0.15, 0.2) is 5.96 Å². The monoisotopic (exact) mass is 322 g/mol. The van der Waals surface area contributed by atoms with E-state index in [1.165, 1.54) is 4.90 Å². The molecule has 130 valence electrons. The maximum atomic E-state index is 12.4. The van der Waals surface area contributed by atoms with Crippen LogP contribution >= 0.6 is 0 Å². The number of rotatable bonds is 6. The van der Waals surface area contributed by atoms with E-state index in [-0.39, 0.29) is 5.92 Å². The first-order valence-corrected chi connectivity index (χ1v) is 8.05. The maximum Gasteiger partial charge on any atom is 0.401 e. The molecular weight excluding hydrogens is 293 g/mol. The van der Waals surface area contributed by atoms with E-state index in [0.717, 1.165) is 18.9 Å². The van der Waals surface area contributed by atoms with Crippen LogP contribution in [0.1, 0.15) is 34.1 Å². The van der Waals surface area contributed by atoms with E-state index in [4.69, 9.17) is 0 Å². The van der Waals surface area contributed by atoms with Gasteiger partial charge < -0.3 is 10.6 Å². The minimum atomic E-state index is -4.11. The van der Waals surface area contributed by atoms with Gasteiger partial charge in [-0.2, -0.15) is 13.2 Å². The van der Waals surface area contributed by atoms with E-state index in [1.54, 1.807) is 0 Å². The van der Waals surface area contributed by atoms with E-state index in [0.29, 0.717) is 31.6 Å². The molecule has 1 aliphatic heterocycles. The summed E-state index contributed by atoms with van der Waals surface area (Å²) in [6, 6.07) is 0.295. The Bertz CT molecular complexity index is 355. The molecule has 0 aromatic heterocycles. The second-order valence-corrected chi connectivity index (χ2v) is 6.40. The number of likely N-dealkylation sites (tertiary alicyclic amines) is 1. The largest absolute Gasteiger partial charge is 0.401 e. The van der Waals surface area contributed by atoms with Crippen molar-refractivity contribution in [3.63, 3.8) is 0 Å². The predicted molar refractivity (Wildman–Crippen MR) is 84.0 cm³/mol. The number of nitrogens with one attached hydrogen (secondary N) is 2. The van der Waals surface area contributed by atoms with Crippen LogP contribution in [0.15, 0.2) is 4.99 Å². The molecule has 1 aliphatic rings. The zero-order chi connectivity index (χ0) is 16.8. The van der Waals surface area contributed by atoms with Gasteiger partial charge in [-0.25, -0.2) is 0 Å². The normalized spacial score (nSPS) is 22.2. The van der Waals surface area contributed by atoms with Gasteiger partial charge in [0.2, 0.25) is 0 Å². The first-order valence-electron chi connectivity index (χ1n) is 8.05. The molecule has 2 unspecified atom stereocenters. The van der Waals surface area contributed by atoms with Crippen molar-refractivity contribution in [3.05, 3.63) is 0 Å². The molecule has 22 heavy (non-hydrogen) atoms. The number of nitrogens with zero attached hydrogens (tertiary/aromatic N) is 2. The molecule has 0 spiro atoms. The molecule has 0 amide bonds. The molecular formula is C15H29F3N4. The highest BCUT2D eigenvalue weighted by atomic mass is 19.4. The van der Waals surface area contributed by atoms with Crippen molar-refractivity contribution in [2.24, 2.45) is 16.8 Å². The molecule has 1 fully saturated rings. The standard InChI is InChI=1S/C15H29F3N4/c1-5-19-14(21-12(4)11(2)3)20-8-13-6-7-22(9-13)10-15(16,17)18/h11-13H,5-10H2,1-4H3,(H2,19,20,21). The third kappa shape index (κ3) is 7.33.